The molecule has 0 spiro atoms. The smallest absolute Gasteiger partial charge is 0.333 e. The van der Waals surface area contributed by atoms with E-state index in [-0.39, 0.29) is 6.85 Å². The van der Waals surface area contributed by atoms with Crippen molar-refractivity contribution in [2.75, 3.05) is 4.81 Å². The van der Waals surface area contributed by atoms with E-state index >= 15 is 0 Å². The molecule has 0 saturated carbocycles. The number of aromatic nitrogens is 2. The minimum atomic E-state index is -0.0398. The summed E-state index contributed by atoms with van der Waals surface area (Å²) >= 11 is 0. The maximum atomic E-state index is 2.66. The van der Waals surface area contributed by atoms with E-state index in [9.17, 15) is 0 Å². The van der Waals surface area contributed by atoms with E-state index < -0.39 is 0 Å². The molecule has 54 heavy (non-hydrogen) atoms. The first-order chi connectivity index (χ1) is 26.7. The van der Waals surface area contributed by atoms with Crippen LogP contribution in [0.5, 0.6) is 0 Å². The number of nitrogens with zero attached hydrogens (tertiary/aromatic N) is 3. The van der Waals surface area contributed by atoms with E-state index in [2.05, 4.69) is 198 Å². The first-order valence-corrected chi connectivity index (χ1v) is 18.9. The highest BCUT2D eigenvalue weighted by atomic mass is 15.1. The summed E-state index contributed by atoms with van der Waals surface area (Å²) in [6.45, 7) is 4.45. The SMILES string of the molecule is Cc1ccccc1-c1cc2c3c(c1)-n1c4ccccc4c4cccc(c41)B3N(c1ccccc1C)c1cc3c(cc1-2)c1ccccc1n3-c1ccccc1. The van der Waals surface area contributed by atoms with E-state index in [1.54, 1.807) is 0 Å². The first-order valence-electron chi connectivity index (χ1n) is 18.9. The highest BCUT2D eigenvalue weighted by Gasteiger charge is 2.44. The summed E-state index contributed by atoms with van der Waals surface area (Å²) in [5.74, 6) is 0. The third kappa shape index (κ3) is 3.87. The van der Waals surface area contributed by atoms with Gasteiger partial charge >= 0.3 is 6.85 Å². The molecule has 2 aliphatic rings. The van der Waals surface area contributed by atoms with Gasteiger partial charge in [-0.15, -0.1) is 0 Å². The minimum absolute atomic E-state index is 0.0398. The van der Waals surface area contributed by atoms with Crippen LogP contribution in [0.3, 0.4) is 0 Å². The molecule has 2 aliphatic heterocycles. The van der Waals surface area contributed by atoms with Crippen molar-refractivity contribution in [2.24, 2.45) is 0 Å². The van der Waals surface area contributed by atoms with Gasteiger partial charge in [-0.1, -0.05) is 115 Å². The zero-order valence-corrected chi connectivity index (χ0v) is 30.1. The van der Waals surface area contributed by atoms with Gasteiger partial charge in [0.05, 0.1) is 22.1 Å². The molecule has 0 bridgehead atoms. The molecule has 10 aromatic rings. The summed E-state index contributed by atoms with van der Waals surface area (Å²) in [7, 11) is 0. The van der Waals surface area contributed by atoms with Crippen LogP contribution in [-0.2, 0) is 0 Å². The van der Waals surface area contributed by atoms with Gasteiger partial charge in [0.1, 0.15) is 0 Å². The third-order valence-corrected chi connectivity index (χ3v) is 12.1. The van der Waals surface area contributed by atoms with Crippen LogP contribution >= 0.6 is 0 Å². The van der Waals surface area contributed by atoms with E-state index in [1.165, 1.54) is 111 Å². The van der Waals surface area contributed by atoms with Gasteiger partial charge in [0.15, 0.2) is 0 Å². The molecule has 0 atom stereocenters. The fourth-order valence-corrected chi connectivity index (χ4v) is 9.84. The Morgan fingerprint density at radius 3 is 1.87 bits per heavy atom. The van der Waals surface area contributed by atoms with Crippen LogP contribution in [0.4, 0.5) is 11.4 Å². The lowest BCUT2D eigenvalue weighted by Gasteiger charge is -2.43. The monoisotopic (exact) mass is 687 g/mol. The predicted octanol–water partition coefficient (Wildman–Crippen LogP) is 11.4. The van der Waals surface area contributed by atoms with Gasteiger partial charge in [0.2, 0.25) is 0 Å². The van der Waals surface area contributed by atoms with Crippen molar-refractivity contribution < 1.29 is 0 Å². The Morgan fingerprint density at radius 2 is 1.07 bits per heavy atom. The van der Waals surface area contributed by atoms with Crippen LogP contribution < -0.4 is 15.7 Å². The molecule has 0 fully saturated rings. The van der Waals surface area contributed by atoms with Gasteiger partial charge in [-0.05, 0) is 107 Å². The molecular formula is C50H34BN3. The zero-order chi connectivity index (χ0) is 35.7. The fraction of sp³-hybridized carbons (Fsp3) is 0.0400. The lowest BCUT2D eigenvalue weighted by atomic mass is 9.43. The highest BCUT2D eigenvalue weighted by molar-refractivity contribution is 6.93. The van der Waals surface area contributed by atoms with Crippen LogP contribution in [0.2, 0.25) is 0 Å². The Morgan fingerprint density at radius 1 is 0.407 bits per heavy atom. The third-order valence-electron chi connectivity index (χ3n) is 12.1. The van der Waals surface area contributed by atoms with E-state index in [4.69, 9.17) is 0 Å². The Bertz CT molecular complexity index is 3200. The summed E-state index contributed by atoms with van der Waals surface area (Å²) in [6, 6.07) is 63.3. The van der Waals surface area contributed by atoms with Gasteiger partial charge in [0.25, 0.3) is 0 Å². The highest BCUT2D eigenvalue weighted by Crippen LogP contribution is 2.49. The van der Waals surface area contributed by atoms with Crippen molar-refractivity contribution in [1.82, 2.24) is 9.13 Å². The molecule has 252 valence electrons. The quantitative estimate of drug-likeness (QED) is 0.169. The summed E-state index contributed by atoms with van der Waals surface area (Å²) in [6.07, 6.45) is 0. The number of aryl methyl sites for hydroxylation is 2. The Labute approximate surface area is 314 Å². The van der Waals surface area contributed by atoms with Crippen molar-refractivity contribution in [3.8, 4) is 33.6 Å². The molecule has 0 saturated heterocycles. The molecule has 0 N–H and O–H groups in total. The Kier molecular flexibility index (Phi) is 6.00. The summed E-state index contributed by atoms with van der Waals surface area (Å²) in [5, 5.41) is 5.11. The Balaban J connectivity index is 1.30. The number of benzene rings is 8. The molecule has 12 rings (SSSR count). The van der Waals surface area contributed by atoms with Crippen LogP contribution in [0.1, 0.15) is 11.1 Å². The predicted molar refractivity (Wildman–Crippen MR) is 229 cm³/mol. The summed E-state index contributed by atoms with van der Waals surface area (Å²) in [4.78, 5) is 2.66. The molecule has 8 aromatic carbocycles. The number of fused-ring (bicyclic) bond motifs is 10. The van der Waals surface area contributed by atoms with Gasteiger partial charge in [-0.2, -0.15) is 0 Å². The second-order valence-electron chi connectivity index (χ2n) is 15.0. The van der Waals surface area contributed by atoms with Crippen molar-refractivity contribution in [3.63, 3.8) is 0 Å². The summed E-state index contributed by atoms with van der Waals surface area (Å²) in [5.41, 5.74) is 20.1. The lowest BCUT2D eigenvalue weighted by molar-refractivity contribution is 1.17. The second-order valence-corrected chi connectivity index (χ2v) is 15.0. The molecule has 2 aromatic heterocycles. The van der Waals surface area contributed by atoms with Crippen LogP contribution in [0, 0.1) is 13.8 Å². The topological polar surface area (TPSA) is 13.1 Å². The largest absolute Gasteiger partial charge is 0.376 e. The van der Waals surface area contributed by atoms with Crippen molar-refractivity contribution in [3.05, 3.63) is 181 Å². The van der Waals surface area contributed by atoms with E-state index in [0.29, 0.717) is 0 Å². The molecule has 0 unspecified atom stereocenters. The average molecular weight is 688 g/mol. The van der Waals surface area contributed by atoms with Crippen LogP contribution in [0.15, 0.2) is 170 Å². The molecule has 3 nitrogen and oxygen atoms in total. The minimum Gasteiger partial charge on any atom is -0.376 e. The number of hydrogen-bond acceptors (Lipinski definition) is 1. The summed E-state index contributed by atoms with van der Waals surface area (Å²) < 4.78 is 5.02. The van der Waals surface area contributed by atoms with Crippen LogP contribution in [0.25, 0.3) is 77.2 Å². The molecule has 4 heterocycles. The van der Waals surface area contributed by atoms with Gasteiger partial charge in [-0.25, -0.2) is 0 Å². The standard InChI is InChI=1S/C50H34BN3/c1-31-15-6-8-19-35(31)33-27-41-40-29-39-37-21-10-12-25-44(37)52(34-17-4-3-5-18-34)46(39)30-47(40)54(43-24-11-7-16-32(43)2)51-42-23-14-22-38-36-20-9-13-26-45(36)53(50(38)42)48(28-33)49(41)51/h3-30H,1-2H3. The number of rotatable bonds is 3. The van der Waals surface area contributed by atoms with E-state index in [0.717, 1.165) is 0 Å². The fourth-order valence-electron chi connectivity index (χ4n) is 9.84. The van der Waals surface area contributed by atoms with Crippen LogP contribution in [-0.4, -0.2) is 16.0 Å². The van der Waals surface area contributed by atoms with Gasteiger partial charge in [-0.3, -0.25) is 0 Å². The molecule has 0 amide bonds. The van der Waals surface area contributed by atoms with Gasteiger partial charge < -0.3 is 13.9 Å². The average Bonchev–Trinajstić information content (AvgIpc) is 3.73. The van der Waals surface area contributed by atoms with Crippen molar-refractivity contribution in [2.45, 2.75) is 13.8 Å². The van der Waals surface area contributed by atoms with E-state index in [1.807, 2.05) is 0 Å². The normalized spacial score (nSPS) is 12.9. The number of hydrogen-bond donors (Lipinski definition) is 0. The van der Waals surface area contributed by atoms with Gasteiger partial charge in [0, 0.05) is 49.9 Å². The molecular weight excluding hydrogens is 653 g/mol. The maximum Gasteiger partial charge on any atom is 0.333 e. The number of anilines is 2. The lowest BCUT2D eigenvalue weighted by Crippen LogP contribution is -2.60. The maximum absolute atomic E-state index is 2.66. The van der Waals surface area contributed by atoms with Crippen molar-refractivity contribution in [1.29, 1.82) is 0 Å². The molecule has 0 aliphatic carbocycles. The van der Waals surface area contributed by atoms with Crippen molar-refractivity contribution >= 4 is 72.8 Å². The Hall–Kier alpha value is -6.78. The molecule has 0 radical (unpaired) electrons. The first kappa shape index (κ1) is 29.8. The second kappa shape index (κ2) is 10.9. The zero-order valence-electron chi connectivity index (χ0n) is 30.1. The molecule has 4 heteroatoms. The number of para-hydroxylation sites is 5.